The number of methoxy groups -OCH3 is 1. The Bertz CT molecular complexity index is 909. The Hall–Kier alpha value is -2.38. The number of ether oxygens (including phenoxy) is 1. The second kappa shape index (κ2) is 9.89. The summed E-state index contributed by atoms with van der Waals surface area (Å²) in [5.41, 5.74) is 0.846. The molecule has 0 aromatic heterocycles. The minimum atomic E-state index is -3.74. The molecule has 29 heavy (non-hydrogen) atoms. The molecule has 1 N–H and O–H groups in total. The highest BCUT2D eigenvalue weighted by Crippen LogP contribution is 2.27. The van der Waals surface area contributed by atoms with Crippen molar-refractivity contribution in [1.82, 2.24) is 9.62 Å². The third kappa shape index (κ3) is 5.36. The van der Waals surface area contributed by atoms with Crippen molar-refractivity contribution in [3.05, 3.63) is 60.2 Å². The molecule has 2 aromatic carbocycles. The molecular formula is C22H28N2O4S. The molecule has 1 aliphatic carbocycles. The van der Waals surface area contributed by atoms with Gasteiger partial charge in [0.2, 0.25) is 15.9 Å². The number of hydrogen-bond acceptors (Lipinski definition) is 4. The van der Waals surface area contributed by atoms with Crippen molar-refractivity contribution in [3.63, 3.8) is 0 Å². The summed E-state index contributed by atoms with van der Waals surface area (Å²) >= 11 is 0. The van der Waals surface area contributed by atoms with Crippen LogP contribution in [0.3, 0.4) is 0 Å². The number of carbonyl (C=O) groups is 1. The maximum atomic E-state index is 13.3. The lowest BCUT2D eigenvalue weighted by atomic mass is 9.95. The van der Waals surface area contributed by atoms with Crippen molar-refractivity contribution < 1.29 is 17.9 Å². The van der Waals surface area contributed by atoms with E-state index < -0.39 is 10.0 Å². The first-order valence-electron chi connectivity index (χ1n) is 9.98. The first-order chi connectivity index (χ1) is 14.0. The van der Waals surface area contributed by atoms with E-state index in [1.165, 1.54) is 4.31 Å². The van der Waals surface area contributed by atoms with Crippen LogP contribution < -0.4 is 10.1 Å². The molecule has 2 aromatic rings. The predicted octanol–water partition coefficient (Wildman–Crippen LogP) is 3.34. The van der Waals surface area contributed by atoms with Crippen LogP contribution in [-0.2, 0) is 21.4 Å². The molecule has 7 heteroatoms. The van der Waals surface area contributed by atoms with Gasteiger partial charge in [-0.25, -0.2) is 8.42 Å². The predicted molar refractivity (Wildman–Crippen MR) is 112 cm³/mol. The standard InChI is InChI=1S/C22H28N2O4S/c1-28-21-15-9-8-10-18(21)16-23-22(25)17-24(19-11-4-2-5-12-19)29(26,27)20-13-6-3-7-14-20/h3,6-10,13-15,19H,2,4-5,11-12,16-17H2,1H3,(H,23,25). The highest BCUT2D eigenvalue weighted by Gasteiger charge is 2.33. The van der Waals surface area contributed by atoms with Crippen LogP contribution in [0.2, 0.25) is 0 Å². The summed E-state index contributed by atoms with van der Waals surface area (Å²) < 4.78 is 33.2. The van der Waals surface area contributed by atoms with E-state index in [4.69, 9.17) is 4.74 Å². The Labute approximate surface area is 172 Å². The van der Waals surface area contributed by atoms with Crippen molar-refractivity contribution in [3.8, 4) is 5.75 Å². The lowest BCUT2D eigenvalue weighted by Gasteiger charge is -2.33. The summed E-state index contributed by atoms with van der Waals surface area (Å²) in [6.07, 6.45) is 4.63. The monoisotopic (exact) mass is 416 g/mol. The van der Waals surface area contributed by atoms with Crippen LogP contribution in [0.15, 0.2) is 59.5 Å². The third-order valence-electron chi connectivity index (χ3n) is 5.30. The van der Waals surface area contributed by atoms with Gasteiger partial charge < -0.3 is 10.1 Å². The van der Waals surface area contributed by atoms with Gasteiger partial charge >= 0.3 is 0 Å². The van der Waals surface area contributed by atoms with Gasteiger partial charge in [-0.2, -0.15) is 4.31 Å². The fourth-order valence-corrected chi connectivity index (χ4v) is 5.41. The number of sulfonamides is 1. The molecule has 1 fully saturated rings. The number of carbonyl (C=O) groups excluding carboxylic acids is 1. The Morgan fingerprint density at radius 1 is 1.03 bits per heavy atom. The second-order valence-corrected chi connectivity index (χ2v) is 9.13. The zero-order chi connectivity index (χ0) is 20.7. The van der Waals surface area contributed by atoms with E-state index in [9.17, 15) is 13.2 Å². The third-order valence-corrected chi connectivity index (χ3v) is 7.21. The van der Waals surface area contributed by atoms with Gasteiger partial charge in [0.1, 0.15) is 5.75 Å². The summed E-state index contributed by atoms with van der Waals surface area (Å²) in [6, 6.07) is 15.6. The number of nitrogens with one attached hydrogen (secondary N) is 1. The van der Waals surface area contributed by atoms with Crippen molar-refractivity contribution in [2.24, 2.45) is 0 Å². The minimum Gasteiger partial charge on any atom is -0.496 e. The molecule has 0 unspecified atom stereocenters. The first kappa shape index (κ1) is 21.3. The first-order valence-corrected chi connectivity index (χ1v) is 11.4. The number of nitrogens with zero attached hydrogens (tertiary/aromatic N) is 1. The summed E-state index contributed by atoms with van der Waals surface area (Å²) in [5, 5.41) is 2.84. The second-order valence-electron chi connectivity index (χ2n) is 7.24. The SMILES string of the molecule is COc1ccccc1CNC(=O)CN(C1CCCCC1)S(=O)(=O)c1ccccc1. The molecule has 0 bridgehead atoms. The summed E-state index contributed by atoms with van der Waals surface area (Å²) in [5.74, 6) is 0.370. The number of rotatable bonds is 8. The maximum absolute atomic E-state index is 13.3. The molecule has 6 nitrogen and oxygen atoms in total. The van der Waals surface area contributed by atoms with Crippen molar-refractivity contribution in [1.29, 1.82) is 0 Å². The Morgan fingerprint density at radius 2 is 1.69 bits per heavy atom. The van der Waals surface area contributed by atoms with Crippen molar-refractivity contribution in [2.75, 3.05) is 13.7 Å². The maximum Gasteiger partial charge on any atom is 0.243 e. The van der Waals surface area contributed by atoms with Crippen molar-refractivity contribution in [2.45, 2.75) is 49.6 Å². The van der Waals surface area contributed by atoms with Crippen LogP contribution in [0.25, 0.3) is 0 Å². The molecule has 0 heterocycles. The summed E-state index contributed by atoms with van der Waals surface area (Å²) in [6.45, 7) is 0.101. The van der Waals surface area contributed by atoms with Gasteiger partial charge in [0.05, 0.1) is 18.6 Å². The van der Waals surface area contributed by atoms with Crippen LogP contribution >= 0.6 is 0 Å². The van der Waals surface area contributed by atoms with Gasteiger partial charge in [-0.1, -0.05) is 55.7 Å². The van der Waals surface area contributed by atoms with Gasteiger partial charge in [-0.15, -0.1) is 0 Å². The van der Waals surface area contributed by atoms with E-state index in [1.807, 2.05) is 24.3 Å². The highest BCUT2D eigenvalue weighted by atomic mass is 32.2. The summed E-state index contributed by atoms with van der Waals surface area (Å²) in [7, 11) is -2.16. The molecule has 1 aliphatic rings. The zero-order valence-corrected chi connectivity index (χ0v) is 17.5. The van der Waals surface area contributed by atoms with E-state index in [0.717, 1.165) is 37.7 Å². The summed E-state index contributed by atoms with van der Waals surface area (Å²) in [4.78, 5) is 12.9. The van der Waals surface area contributed by atoms with Crippen LogP contribution in [-0.4, -0.2) is 38.3 Å². The number of para-hydroxylation sites is 1. The molecular weight excluding hydrogens is 388 g/mol. The number of hydrogen-bond donors (Lipinski definition) is 1. The van der Waals surface area contributed by atoms with Crippen LogP contribution in [0.4, 0.5) is 0 Å². The van der Waals surface area contributed by atoms with E-state index in [2.05, 4.69) is 5.32 Å². The lowest BCUT2D eigenvalue weighted by Crippen LogP contribution is -2.46. The molecule has 0 spiro atoms. The van der Waals surface area contributed by atoms with Crippen LogP contribution in [0.1, 0.15) is 37.7 Å². The van der Waals surface area contributed by atoms with Gasteiger partial charge in [0.25, 0.3) is 0 Å². The molecule has 0 atom stereocenters. The number of benzene rings is 2. The van der Waals surface area contributed by atoms with Gasteiger partial charge in [0.15, 0.2) is 0 Å². The topological polar surface area (TPSA) is 75.7 Å². The largest absolute Gasteiger partial charge is 0.496 e. The highest BCUT2D eigenvalue weighted by molar-refractivity contribution is 7.89. The lowest BCUT2D eigenvalue weighted by molar-refractivity contribution is -0.121. The average molecular weight is 417 g/mol. The Morgan fingerprint density at radius 3 is 2.38 bits per heavy atom. The van der Waals surface area contributed by atoms with E-state index >= 15 is 0 Å². The van der Waals surface area contributed by atoms with E-state index in [0.29, 0.717) is 5.75 Å². The molecule has 156 valence electrons. The average Bonchev–Trinajstić information content (AvgIpc) is 2.77. The van der Waals surface area contributed by atoms with Crippen LogP contribution in [0.5, 0.6) is 5.75 Å². The van der Waals surface area contributed by atoms with E-state index in [1.54, 1.807) is 37.4 Å². The quantitative estimate of drug-likeness (QED) is 0.716. The molecule has 1 amide bonds. The van der Waals surface area contributed by atoms with Gasteiger partial charge in [-0.05, 0) is 31.0 Å². The Balaban J connectivity index is 1.75. The molecule has 0 saturated heterocycles. The molecule has 0 radical (unpaired) electrons. The van der Waals surface area contributed by atoms with Gasteiger partial charge in [0, 0.05) is 18.2 Å². The smallest absolute Gasteiger partial charge is 0.243 e. The van der Waals surface area contributed by atoms with Crippen molar-refractivity contribution >= 4 is 15.9 Å². The normalized spacial score (nSPS) is 15.2. The fourth-order valence-electron chi connectivity index (χ4n) is 3.75. The van der Waals surface area contributed by atoms with Gasteiger partial charge in [-0.3, -0.25) is 4.79 Å². The fraction of sp³-hybridized carbons (Fsp3) is 0.409. The minimum absolute atomic E-state index is 0.147. The number of amides is 1. The zero-order valence-electron chi connectivity index (χ0n) is 16.7. The Kier molecular flexibility index (Phi) is 7.28. The van der Waals surface area contributed by atoms with E-state index in [-0.39, 0.29) is 29.9 Å². The molecule has 3 rings (SSSR count). The molecule has 0 aliphatic heterocycles. The van der Waals surface area contributed by atoms with Crippen LogP contribution in [0, 0.1) is 0 Å². The molecule has 1 saturated carbocycles.